The number of aryl methyl sites for hydroxylation is 1. The molecule has 0 saturated carbocycles. The van der Waals surface area contributed by atoms with Crippen molar-refractivity contribution in [3.8, 4) is 0 Å². The molecule has 2 nitrogen and oxygen atoms in total. The highest BCUT2D eigenvalue weighted by molar-refractivity contribution is 5.85. The van der Waals surface area contributed by atoms with Crippen molar-refractivity contribution in [3.63, 3.8) is 0 Å². The maximum atomic E-state index is 8.36. The first kappa shape index (κ1) is 15.0. The van der Waals surface area contributed by atoms with E-state index in [1.54, 1.807) is 0 Å². The molecule has 19 heavy (non-hydrogen) atoms. The van der Waals surface area contributed by atoms with Gasteiger partial charge in [0, 0.05) is 0 Å². The molecule has 0 spiro atoms. The van der Waals surface area contributed by atoms with Crippen molar-refractivity contribution < 1.29 is 9.90 Å². The van der Waals surface area contributed by atoms with Gasteiger partial charge in [0.05, 0.1) is 0 Å². The number of hydrogen-bond acceptors (Lipinski definition) is 1. The lowest BCUT2D eigenvalue weighted by Crippen LogP contribution is -1.81. The molecule has 2 heteroatoms. The molecule has 0 unspecified atom stereocenters. The summed E-state index contributed by atoms with van der Waals surface area (Å²) in [5.41, 5.74) is 2.70. The second-order valence-electron chi connectivity index (χ2n) is 4.21. The van der Waals surface area contributed by atoms with Gasteiger partial charge in [0.25, 0.3) is 6.47 Å². The van der Waals surface area contributed by atoms with Crippen LogP contribution in [0.25, 0.3) is 16.8 Å². The zero-order chi connectivity index (χ0) is 14.1. The van der Waals surface area contributed by atoms with Crippen molar-refractivity contribution in [2.24, 2.45) is 0 Å². The minimum atomic E-state index is -0.250. The molecule has 0 aromatic heterocycles. The van der Waals surface area contributed by atoms with Crippen molar-refractivity contribution in [1.29, 1.82) is 0 Å². The third-order valence-electron chi connectivity index (χ3n) is 2.88. The van der Waals surface area contributed by atoms with E-state index in [0.717, 1.165) is 12.8 Å². The fourth-order valence-corrected chi connectivity index (χ4v) is 1.89. The summed E-state index contributed by atoms with van der Waals surface area (Å²) in [5.74, 6) is 0. The molecular formula is C17H20O2. The number of carbonyl (C=O) groups is 1. The van der Waals surface area contributed by atoms with Gasteiger partial charge in [-0.2, -0.15) is 0 Å². The van der Waals surface area contributed by atoms with Crippen LogP contribution in [-0.2, 0) is 11.2 Å². The predicted molar refractivity (Wildman–Crippen MR) is 81.3 cm³/mol. The van der Waals surface area contributed by atoms with Gasteiger partial charge in [0.15, 0.2) is 0 Å². The lowest BCUT2D eigenvalue weighted by molar-refractivity contribution is -0.122. The second-order valence-corrected chi connectivity index (χ2v) is 4.21. The number of fused-ring (bicyclic) bond motifs is 1. The maximum Gasteiger partial charge on any atom is 0.290 e. The fourth-order valence-electron chi connectivity index (χ4n) is 1.89. The van der Waals surface area contributed by atoms with Gasteiger partial charge in [-0.25, -0.2) is 0 Å². The van der Waals surface area contributed by atoms with Crippen LogP contribution < -0.4 is 0 Å². The monoisotopic (exact) mass is 256 g/mol. The Hall–Kier alpha value is -2.09. The van der Waals surface area contributed by atoms with Gasteiger partial charge in [0.2, 0.25) is 0 Å². The summed E-state index contributed by atoms with van der Waals surface area (Å²) in [7, 11) is 0. The number of allylic oxidation sites excluding steroid dienone is 1. The molecule has 0 aliphatic carbocycles. The number of benzene rings is 2. The maximum absolute atomic E-state index is 8.36. The highest BCUT2D eigenvalue weighted by Gasteiger charge is 1.96. The van der Waals surface area contributed by atoms with E-state index in [1.165, 1.54) is 21.9 Å². The van der Waals surface area contributed by atoms with E-state index in [2.05, 4.69) is 62.4 Å². The zero-order valence-corrected chi connectivity index (χ0v) is 11.5. The van der Waals surface area contributed by atoms with E-state index in [9.17, 15) is 0 Å². The largest absolute Gasteiger partial charge is 0.483 e. The van der Waals surface area contributed by atoms with Crippen LogP contribution in [-0.4, -0.2) is 11.6 Å². The fraction of sp³-hybridized carbons (Fsp3) is 0.235. The minimum absolute atomic E-state index is 0.250. The van der Waals surface area contributed by atoms with Crippen molar-refractivity contribution >= 4 is 23.3 Å². The standard InChI is InChI=1S/C16H18.CH2O2/c1-3-5-6-14-8-10-15-9-7-13(4-2)11-16(15)12-14;2-1-3/h5-12H,3-4H2,1-2H3;1H,(H,2,3)/b6-5+;. The summed E-state index contributed by atoms with van der Waals surface area (Å²) in [6.07, 6.45) is 6.58. The van der Waals surface area contributed by atoms with Crippen LogP contribution in [0.15, 0.2) is 42.5 Å². The number of carboxylic acid groups (broad SMARTS) is 1. The third kappa shape index (κ3) is 4.59. The van der Waals surface area contributed by atoms with Gasteiger partial charge < -0.3 is 5.11 Å². The SMILES string of the molecule is CC/C=C/c1ccc2ccc(CC)cc2c1.O=CO. The van der Waals surface area contributed by atoms with Crippen LogP contribution in [0.5, 0.6) is 0 Å². The first-order valence-electron chi connectivity index (χ1n) is 6.52. The van der Waals surface area contributed by atoms with E-state index in [1.807, 2.05) is 0 Å². The van der Waals surface area contributed by atoms with Gasteiger partial charge in [0.1, 0.15) is 0 Å². The highest BCUT2D eigenvalue weighted by Crippen LogP contribution is 2.19. The van der Waals surface area contributed by atoms with E-state index in [-0.39, 0.29) is 6.47 Å². The first-order valence-corrected chi connectivity index (χ1v) is 6.52. The lowest BCUT2D eigenvalue weighted by Gasteiger charge is -2.02. The Bertz CT molecular complexity index is 556. The van der Waals surface area contributed by atoms with Crippen LogP contribution in [0.2, 0.25) is 0 Å². The van der Waals surface area contributed by atoms with Crippen LogP contribution in [0.3, 0.4) is 0 Å². The number of hydrogen-bond donors (Lipinski definition) is 1. The van der Waals surface area contributed by atoms with E-state index in [0.29, 0.717) is 0 Å². The Balaban J connectivity index is 0.000000550. The molecule has 0 saturated heterocycles. The Morgan fingerprint density at radius 2 is 1.74 bits per heavy atom. The molecule has 2 aromatic rings. The Morgan fingerprint density at radius 1 is 1.05 bits per heavy atom. The molecule has 0 atom stereocenters. The van der Waals surface area contributed by atoms with Crippen molar-refractivity contribution in [3.05, 3.63) is 53.6 Å². The molecule has 1 N–H and O–H groups in total. The quantitative estimate of drug-likeness (QED) is 0.819. The molecule has 0 heterocycles. The topological polar surface area (TPSA) is 37.3 Å². The van der Waals surface area contributed by atoms with Gasteiger partial charge in [-0.3, -0.25) is 4.79 Å². The molecule has 0 radical (unpaired) electrons. The van der Waals surface area contributed by atoms with Crippen LogP contribution >= 0.6 is 0 Å². The summed E-state index contributed by atoms with van der Waals surface area (Å²) in [4.78, 5) is 8.36. The summed E-state index contributed by atoms with van der Waals surface area (Å²) >= 11 is 0. The summed E-state index contributed by atoms with van der Waals surface area (Å²) in [6, 6.07) is 13.4. The van der Waals surface area contributed by atoms with Gasteiger partial charge in [-0.15, -0.1) is 0 Å². The smallest absolute Gasteiger partial charge is 0.290 e. The Morgan fingerprint density at radius 3 is 2.37 bits per heavy atom. The molecule has 100 valence electrons. The summed E-state index contributed by atoms with van der Waals surface area (Å²) < 4.78 is 0. The molecular weight excluding hydrogens is 236 g/mol. The molecule has 0 aliphatic heterocycles. The summed E-state index contributed by atoms with van der Waals surface area (Å²) in [6.45, 7) is 4.11. The lowest BCUT2D eigenvalue weighted by atomic mass is 10.0. The van der Waals surface area contributed by atoms with E-state index in [4.69, 9.17) is 9.90 Å². The molecule has 0 fully saturated rings. The van der Waals surface area contributed by atoms with Gasteiger partial charge >= 0.3 is 0 Å². The van der Waals surface area contributed by atoms with E-state index < -0.39 is 0 Å². The second kappa shape index (κ2) is 8.09. The van der Waals surface area contributed by atoms with Crippen LogP contribution in [0.1, 0.15) is 31.4 Å². The predicted octanol–water partition coefficient (Wildman–Crippen LogP) is 4.53. The number of rotatable bonds is 3. The summed E-state index contributed by atoms with van der Waals surface area (Å²) in [5, 5.41) is 9.56. The molecule has 0 bridgehead atoms. The normalized spacial score (nSPS) is 10.2. The average molecular weight is 256 g/mol. The van der Waals surface area contributed by atoms with Crippen molar-refractivity contribution in [1.82, 2.24) is 0 Å². The third-order valence-corrected chi connectivity index (χ3v) is 2.88. The van der Waals surface area contributed by atoms with Gasteiger partial charge in [-0.1, -0.05) is 56.3 Å². The molecule has 0 aliphatic rings. The van der Waals surface area contributed by atoms with Crippen LogP contribution in [0, 0.1) is 0 Å². The Kier molecular flexibility index (Phi) is 6.37. The van der Waals surface area contributed by atoms with Crippen molar-refractivity contribution in [2.45, 2.75) is 26.7 Å². The first-order chi connectivity index (χ1) is 9.24. The van der Waals surface area contributed by atoms with Crippen LogP contribution in [0.4, 0.5) is 0 Å². The van der Waals surface area contributed by atoms with E-state index >= 15 is 0 Å². The average Bonchev–Trinajstić information content (AvgIpc) is 2.45. The van der Waals surface area contributed by atoms with Gasteiger partial charge in [-0.05, 0) is 40.8 Å². The molecule has 2 aromatic carbocycles. The Labute approximate surface area is 114 Å². The molecule has 2 rings (SSSR count). The molecule has 0 amide bonds. The minimum Gasteiger partial charge on any atom is -0.483 e. The highest BCUT2D eigenvalue weighted by atomic mass is 16.3. The van der Waals surface area contributed by atoms with Crippen molar-refractivity contribution in [2.75, 3.05) is 0 Å². The zero-order valence-electron chi connectivity index (χ0n) is 11.5.